The van der Waals surface area contributed by atoms with Gasteiger partial charge >= 0.3 is 41.8 Å². The summed E-state index contributed by atoms with van der Waals surface area (Å²) >= 11 is 0. The van der Waals surface area contributed by atoms with E-state index >= 15 is 0 Å². The molecule has 0 aromatic carbocycles. The fourth-order valence-corrected chi connectivity index (χ4v) is 6.56. The Hall–Kier alpha value is -6.30. The minimum absolute atomic E-state index is 0.00733. The fourth-order valence-electron chi connectivity index (χ4n) is 6.19. The van der Waals surface area contributed by atoms with Crippen molar-refractivity contribution in [1.29, 1.82) is 0 Å². The van der Waals surface area contributed by atoms with Gasteiger partial charge < -0.3 is 90.6 Å². The van der Waals surface area contributed by atoms with Crippen molar-refractivity contribution in [2.24, 2.45) is 0 Å². The van der Waals surface area contributed by atoms with Gasteiger partial charge in [-0.25, -0.2) is 24.2 Å². The molecule has 0 bridgehead atoms. The quantitative estimate of drug-likeness (QED) is 0.0388. The van der Waals surface area contributed by atoms with E-state index in [1.807, 2.05) is 62.3 Å². The first-order valence-electron chi connectivity index (χ1n) is 30.7. The van der Waals surface area contributed by atoms with Gasteiger partial charge in [0.25, 0.3) is 10.1 Å². The van der Waals surface area contributed by atoms with Crippen LogP contribution in [0.3, 0.4) is 0 Å². The summed E-state index contributed by atoms with van der Waals surface area (Å²) in [6, 6.07) is 4.93. The van der Waals surface area contributed by atoms with Crippen LogP contribution in [0.1, 0.15) is 151 Å². The number of carbonyl (C=O) groups is 7. The Bertz CT molecular complexity index is 2500. The highest BCUT2D eigenvalue weighted by molar-refractivity contribution is 7.85. The van der Waals surface area contributed by atoms with Gasteiger partial charge in [0.05, 0.1) is 184 Å². The van der Waals surface area contributed by atoms with E-state index in [-0.39, 0.29) is 138 Å². The number of esters is 7. The van der Waals surface area contributed by atoms with Crippen LogP contribution in [0, 0.1) is 0 Å². The van der Waals surface area contributed by atoms with Crippen molar-refractivity contribution in [3.63, 3.8) is 0 Å². The smallest absolute Gasteiger partial charge is 0.357 e. The predicted octanol–water partition coefficient (Wildman–Crippen LogP) is 4.83. The average molecular weight is 1370 g/mol. The van der Waals surface area contributed by atoms with Gasteiger partial charge in [-0.1, -0.05) is 0 Å². The summed E-state index contributed by atoms with van der Waals surface area (Å²) in [6.07, 6.45) is 1.64. The van der Waals surface area contributed by atoms with Crippen LogP contribution in [0.5, 0.6) is 5.75 Å². The van der Waals surface area contributed by atoms with Crippen molar-refractivity contribution >= 4 is 51.9 Å². The number of pyridine rings is 2. The van der Waals surface area contributed by atoms with Gasteiger partial charge in [0.15, 0.2) is 16.8 Å². The maximum atomic E-state index is 12.0. The second-order valence-corrected chi connectivity index (χ2v) is 23.4. The van der Waals surface area contributed by atoms with E-state index in [2.05, 4.69) is 14.2 Å². The Morgan fingerprint density at radius 1 is 0.415 bits per heavy atom. The van der Waals surface area contributed by atoms with Gasteiger partial charge in [-0.15, -0.1) is 0 Å². The van der Waals surface area contributed by atoms with Crippen LogP contribution < -0.4 is 10.2 Å². The van der Waals surface area contributed by atoms with E-state index in [4.69, 9.17) is 85.6 Å². The molecule has 94 heavy (non-hydrogen) atoms. The summed E-state index contributed by atoms with van der Waals surface area (Å²) in [5.41, 5.74) is -2.12. The molecule has 0 aliphatic carbocycles. The number of aromatic nitrogens is 2. The van der Waals surface area contributed by atoms with Crippen molar-refractivity contribution in [3.8, 4) is 5.75 Å². The number of rotatable bonds is 45. The summed E-state index contributed by atoms with van der Waals surface area (Å²) in [7, 11) is -3.41. The lowest BCUT2D eigenvalue weighted by Crippen LogP contribution is -2.24. The molecular formula is C62H104N2O29S. The van der Waals surface area contributed by atoms with Gasteiger partial charge in [0.1, 0.15) is 40.5 Å². The van der Waals surface area contributed by atoms with Gasteiger partial charge in [-0.3, -0.25) is 23.4 Å². The number of ether oxygens (including phenoxy) is 17. The number of hydrogen-bond acceptors (Lipinski definition) is 30. The molecule has 0 atom stereocenters. The molecule has 0 fully saturated rings. The third-order valence-corrected chi connectivity index (χ3v) is 10.3. The molecule has 0 aliphatic heterocycles. The summed E-state index contributed by atoms with van der Waals surface area (Å²) in [5.74, 6) is -3.26. The zero-order valence-corrected chi connectivity index (χ0v) is 58.2. The zero-order chi connectivity index (χ0) is 71.3. The summed E-state index contributed by atoms with van der Waals surface area (Å²) < 4.78 is 113. The topological polar surface area (TPSA) is 386 Å². The van der Waals surface area contributed by atoms with Crippen LogP contribution in [-0.4, -0.2) is 254 Å². The molecule has 542 valence electrons. The Labute approximate surface area is 552 Å². The van der Waals surface area contributed by atoms with Gasteiger partial charge in [0.2, 0.25) is 0 Å². The molecule has 2 aromatic rings. The average Bonchev–Trinajstić information content (AvgIpc) is 0.918. The maximum Gasteiger partial charge on any atom is 0.357 e. The predicted molar refractivity (Wildman–Crippen MR) is 337 cm³/mol. The normalized spacial score (nSPS) is 11.3. The van der Waals surface area contributed by atoms with E-state index in [9.17, 15) is 46.8 Å². The van der Waals surface area contributed by atoms with Crippen molar-refractivity contribution in [1.82, 2.24) is 9.97 Å². The van der Waals surface area contributed by atoms with Crippen LogP contribution in [0.15, 0.2) is 29.1 Å². The van der Waals surface area contributed by atoms with E-state index in [1.165, 1.54) is 12.1 Å². The lowest BCUT2D eigenvalue weighted by molar-refractivity contribution is -0.157. The first-order valence-corrected chi connectivity index (χ1v) is 32.5. The second-order valence-electron chi connectivity index (χ2n) is 21.7. The Kier molecular flexibility index (Phi) is 51.5. The summed E-state index contributed by atoms with van der Waals surface area (Å²) in [4.78, 5) is 98.8. The number of nitrogens with zero attached hydrogens (tertiary/aromatic N) is 1. The van der Waals surface area contributed by atoms with Gasteiger partial charge in [-0.05, 0) is 90.0 Å². The van der Waals surface area contributed by atoms with Gasteiger partial charge in [-0.2, -0.15) is 8.42 Å². The van der Waals surface area contributed by atoms with Crippen LogP contribution in [-0.2, 0) is 104 Å². The highest BCUT2D eigenvalue weighted by Gasteiger charge is 2.20. The lowest BCUT2D eigenvalue weighted by atomic mass is 10.2. The SMILES string of the molecule is CC(C)(C)OC(=O)CCOCCOCCOCCO.CC(C)(C)OC(=O)CCOCCOCCOCCOS(C)(=O)=O.CCOC(=O)c1cc(=O)cc(C(=O)OCC)[nH]1.CCOC(=O)c1cc(OCCOCCOCCOCCC(=O)OC(C)(C)C)cc(C(=O)OCC)n1. The third-order valence-electron chi connectivity index (χ3n) is 9.70. The van der Waals surface area contributed by atoms with E-state index in [1.54, 1.807) is 27.7 Å². The molecule has 2 aromatic heterocycles. The van der Waals surface area contributed by atoms with E-state index < -0.39 is 56.2 Å². The number of H-pyrrole nitrogens is 1. The van der Waals surface area contributed by atoms with Crippen LogP contribution >= 0.6 is 0 Å². The molecule has 31 nitrogen and oxygen atoms in total. The molecule has 0 radical (unpaired) electrons. The lowest BCUT2D eigenvalue weighted by Gasteiger charge is -2.19. The molecule has 0 aliphatic rings. The number of aromatic amines is 1. The number of nitrogens with one attached hydrogen (secondary N) is 1. The Morgan fingerprint density at radius 3 is 0.979 bits per heavy atom. The molecule has 0 spiro atoms. The Balaban J connectivity index is 0. The van der Waals surface area contributed by atoms with Crippen LogP contribution in [0.2, 0.25) is 0 Å². The second kappa shape index (κ2) is 53.9. The summed E-state index contributed by atoms with van der Waals surface area (Å²) in [5, 5.41) is 8.46. The molecule has 2 rings (SSSR count). The standard InChI is InChI=1S/C24H37NO10.C14H28O8S.C13H26O6.C11H13NO5/c1-6-32-22(27)19-16-18(17-20(25-19)23(28)33-7-2)34-15-14-31-13-12-30-11-10-29-9-8-21(26)35-24(3,4)5;1-14(2,3)22-13(15)5-6-18-7-8-19-9-10-20-11-12-21-23(4,16)17;1-13(2,3)19-12(15)4-6-16-8-10-18-11-9-17-7-5-14;1-3-16-10(14)8-5-7(13)6-9(12-8)11(15)17-4-2/h16-17H,6-15H2,1-5H3;5-12H2,1-4H3;14H,4-11H2,1-3H3;5-6H,3-4H2,1-2H3,(H,12,13). The molecule has 32 heteroatoms. The molecule has 0 unspecified atom stereocenters. The van der Waals surface area contributed by atoms with Crippen molar-refractivity contribution in [3.05, 3.63) is 57.3 Å². The van der Waals surface area contributed by atoms with Crippen LogP contribution in [0.25, 0.3) is 0 Å². The number of aliphatic hydroxyl groups is 1. The monoisotopic (exact) mass is 1370 g/mol. The highest BCUT2D eigenvalue weighted by atomic mass is 32.2. The zero-order valence-electron chi connectivity index (χ0n) is 57.3. The molecule has 0 amide bonds. The van der Waals surface area contributed by atoms with Crippen molar-refractivity contribution < 1.29 is 132 Å². The first kappa shape index (κ1) is 89.8. The number of carbonyl (C=O) groups excluding carboxylic acids is 7. The first-order chi connectivity index (χ1) is 44.3. The molecule has 2 heterocycles. The van der Waals surface area contributed by atoms with E-state index in [0.29, 0.717) is 92.5 Å². The largest absolute Gasteiger partial charge is 0.491 e. The molecular weight excluding hydrogens is 1270 g/mol. The van der Waals surface area contributed by atoms with E-state index in [0.717, 1.165) is 18.4 Å². The molecule has 2 N–H and O–H groups in total. The minimum atomic E-state index is -3.41. The third kappa shape index (κ3) is 57.2. The number of hydrogen-bond donors (Lipinski definition) is 2. The van der Waals surface area contributed by atoms with Gasteiger partial charge in [0, 0.05) is 24.3 Å². The van der Waals surface area contributed by atoms with Crippen LogP contribution in [0.4, 0.5) is 0 Å². The minimum Gasteiger partial charge on any atom is -0.491 e. The maximum absolute atomic E-state index is 12.0. The highest BCUT2D eigenvalue weighted by Crippen LogP contribution is 2.17. The molecule has 0 saturated carbocycles. The molecule has 0 saturated heterocycles. The number of aliphatic hydroxyl groups excluding tert-OH is 1. The van der Waals surface area contributed by atoms with Crippen molar-refractivity contribution in [2.75, 3.05) is 171 Å². The Morgan fingerprint density at radius 2 is 0.691 bits per heavy atom. The fraction of sp³-hybridized carbons (Fsp3) is 0.726. The summed E-state index contributed by atoms with van der Waals surface area (Å²) in [6.45, 7) is 30.3. The van der Waals surface area contributed by atoms with Crippen molar-refractivity contribution in [2.45, 2.75) is 126 Å².